The number of thiol groups is 1. The fourth-order valence-electron chi connectivity index (χ4n) is 1.69. The van der Waals surface area contributed by atoms with Crippen molar-refractivity contribution in [2.24, 2.45) is 5.92 Å². The predicted molar refractivity (Wildman–Crippen MR) is 61.7 cm³/mol. The Labute approximate surface area is 96.0 Å². The number of hydrogen-bond acceptors (Lipinski definition) is 3. The van der Waals surface area contributed by atoms with E-state index >= 15 is 0 Å². The molecule has 0 spiro atoms. The highest BCUT2D eigenvalue weighted by Crippen LogP contribution is 2.31. The Hall–Kier alpha value is -0.710. The maximum absolute atomic E-state index is 11.9. The fourth-order valence-corrected chi connectivity index (χ4v) is 1.98. The summed E-state index contributed by atoms with van der Waals surface area (Å²) in [5.41, 5.74) is 0. The summed E-state index contributed by atoms with van der Waals surface area (Å²) in [6.45, 7) is 8.45. The highest BCUT2D eigenvalue weighted by molar-refractivity contribution is 7.82. The molecule has 1 saturated heterocycles. The van der Waals surface area contributed by atoms with Crippen LogP contribution in [0.15, 0.2) is 0 Å². The SMILES string of the molecule is CCN1C(=O)N(CC(C)C)C(C)(S)C1=O. The number of nitrogens with zero attached hydrogens (tertiary/aromatic N) is 2. The lowest BCUT2D eigenvalue weighted by atomic mass is 10.2. The van der Waals surface area contributed by atoms with Gasteiger partial charge >= 0.3 is 6.03 Å². The lowest BCUT2D eigenvalue weighted by Gasteiger charge is -2.28. The minimum Gasteiger partial charge on any atom is -0.301 e. The van der Waals surface area contributed by atoms with Gasteiger partial charge in [-0.15, -0.1) is 12.6 Å². The van der Waals surface area contributed by atoms with E-state index in [-0.39, 0.29) is 11.9 Å². The maximum atomic E-state index is 11.9. The smallest absolute Gasteiger partial charge is 0.301 e. The summed E-state index contributed by atoms with van der Waals surface area (Å²) >= 11 is 4.30. The van der Waals surface area contributed by atoms with Crippen molar-refractivity contribution in [3.05, 3.63) is 0 Å². The third kappa shape index (κ3) is 1.97. The van der Waals surface area contributed by atoms with Crippen molar-refractivity contribution in [2.75, 3.05) is 13.1 Å². The van der Waals surface area contributed by atoms with Crippen LogP contribution in [0.1, 0.15) is 27.7 Å². The molecule has 4 nitrogen and oxygen atoms in total. The maximum Gasteiger partial charge on any atom is 0.328 e. The van der Waals surface area contributed by atoms with Crippen molar-refractivity contribution in [2.45, 2.75) is 32.6 Å². The molecule has 5 heteroatoms. The zero-order chi connectivity index (χ0) is 11.8. The first kappa shape index (κ1) is 12.4. The minimum absolute atomic E-state index is 0.223. The Kier molecular flexibility index (Phi) is 3.33. The normalized spacial score (nSPS) is 27.1. The fraction of sp³-hybridized carbons (Fsp3) is 0.800. The Balaban J connectivity index is 2.97. The van der Waals surface area contributed by atoms with Crippen molar-refractivity contribution >= 4 is 24.6 Å². The molecule has 0 saturated carbocycles. The molecule has 1 fully saturated rings. The lowest BCUT2D eigenvalue weighted by molar-refractivity contribution is -0.128. The molecule has 86 valence electrons. The summed E-state index contributed by atoms with van der Waals surface area (Å²) in [6, 6.07) is -0.228. The van der Waals surface area contributed by atoms with E-state index in [1.807, 2.05) is 13.8 Å². The zero-order valence-corrected chi connectivity index (χ0v) is 10.5. The second kappa shape index (κ2) is 4.04. The molecule has 3 amide bonds. The third-order valence-corrected chi connectivity index (χ3v) is 2.93. The van der Waals surface area contributed by atoms with Gasteiger partial charge in [0.1, 0.15) is 0 Å². The van der Waals surface area contributed by atoms with Gasteiger partial charge in [0.2, 0.25) is 0 Å². The second-order valence-electron chi connectivity index (χ2n) is 4.36. The van der Waals surface area contributed by atoms with E-state index in [1.54, 1.807) is 13.8 Å². The molecular formula is C10H18N2O2S. The average molecular weight is 230 g/mol. The van der Waals surface area contributed by atoms with Gasteiger partial charge in [-0.1, -0.05) is 13.8 Å². The van der Waals surface area contributed by atoms with Gasteiger partial charge < -0.3 is 4.90 Å². The molecule has 1 unspecified atom stereocenters. The minimum atomic E-state index is -0.989. The van der Waals surface area contributed by atoms with E-state index in [1.165, 1.54) is 9.80 Å². The summed E-state index contributed by atoms with van der Waals surface area (Å²) in [6.07, 6.45) is 0. The molecule has 0 aliphatic carbocycles. The van der Waals surface area contributed by atoms with Crippen LogP contribution >= 0.6 is 12.6 Å². The van der Waals surface area contributed by atoms with Gasteiger partial charge in [0.05, 0.1) is 0 Å². The van der Waals surface area contributed by atoms with Crippen LogP contribution in [-0.4, -0.2) is 39.7 Å². The number of carbonyl (C=O) groups is 2. The number of hydrogen-bond donors (Lipinski definition) is 1. The molecule has 1 aliphatic rings. The van der Waals surface area contributed by atoms with Crippen molar-refractivity contribution in [1.82, 2.24) is 9.80 Å². The average Bonchev–Trinajstić information content (AvgIpc) is 2.27. The van der Waals surface area contributed by atoms with E-state index in [4.69, 9.17) is 0 Å². The molecule has 0 radical (unpaired) electrons. The van der Waals surface area contributed by atoms with Gasteiger partial charge in [0, 0.05) is 13.1 Å². The molecule has 1 atom stereocenters. The molecule has 0 bridgehead atoms. The molecule has 0 N–H and O–H groups in total. The summed E-state index contributed by atoms with van der Waals surface area (Å²) in [5, 5.41) is 0. The van der Waals surface area contributed by atoms with E-state index in [0.717, 1.165) is 0 Å². The first-order chi connectivity index (χ1) is 6.82. The number of rotatable bonds is 3. The standard InChI is InChI=1S/C10H18N2O2S/c1-5-11-8(13)10(4,15)12(9(11)14)6-7(2)3/h7,15H,5-6H2,1-4H3. The number of urea groups is 1. The second-order valence-corrected chi connectivity index (χ2v) is 5.23. The molecule has 1 heterocycles. The summed E-state index contributed by atoms with van der Waals surface area (Å²) in [4.78, 5) is 25.5. The van der Waals surface area contributed by atoms with Gasteiger partial charge in [-0.05, 0) is 19.8 Å². The van der Waals surface area contributed by atoms with E-state index < -0.39 is 4.87 Å². The Morgan fingerprint density at radius 1 is 1.40 bits per heavy atom. The molecule has 1 rings (SSSR count). The van der Waals surface area contributed by atoms with Crippen molar-refractivity contribution < 1.29 is 9.59 Å². The number of imide groups is 1. The summed E-state index contributed by atoms with van der Waals surface area (Å²) in [7, 11) is 0. The Bertz CT molecular complexity index is 289. The highest BCUT2D eigenvalue weighted by atomic mass is 32.1. The van der Waals surface area contributed by atoms with Crippen LogP contribution in [0, 0.1) is 5.92 Å². The predicted octanol–water partition coefficient (Wildman–Crippen LogP) is 1.57. The molecule has 0 aromatic heterocycles. The molecule has 15 heavy (non-hydrogen) atoms. The van der Waals surface area contributed by atoms with Crippen molar-refractivity contribution in [3.63, 3.8) is 0 Å². The van der Waals surface area contributed by atoms with Gasteiger partial charge in [0.15, 0.2) is 4.87 Å². The largest absolute Gasteiger partial charge is 0.328 e. The van der Waals surface area contributed by atoms with Crippen molar-refractivity contribution in [1.29, 1.82) is 0 Å². The van der Waals surface area contributed by atoms with Crippen LogP contribution in [0.3, 0.4) is 0 Å². The Morgan fingerprint density at radius 3 is 2.27 bits per heavy atom. The molecular weight excluding hydrogens is 212 g/mol. The van der Waals surface area contributed by atoms with Crippen LogP contribution < -0.4 is 0 Å². The zero-order valence-electron chi connectivity index (χ0n) is 9.65. The van der Waals surface area contributed by atoms with E-state index in [2.05, 4.69) is 12.6 Å². The van der Waals surface area contributed by atoms with Gasteiger partial charge in [0.25, 0.3) is 5.91 Å². The van der Waals surface area contributed by atoms with Crippen LogP contribution in [0.25, 0.3) is 0 Å². The Morgan fingerprint density at radius 2 is 1.93 bits per heavy atom. The quantitative estimate of drug-likeness (QED) is 0.590. The first-order valence-corrected chi connectivity index (χ1v) is 5.63. The van der Waals surface area contributed by atoms with Crippen LogP contribution in [0.4, 0.5) is 4.79 Å². The van der Waals surface area contributed by atoms with Gasteiger partial charge in [-0.2, -0.15) is 0 Å². The van der Waals surface area contributed by atoms with Crippen molar-refractivity contribution in [3.8, 4) is 0 Å². The number of amides is 3. The summed E-state index contributed by atoms with van der Waals surface area (Å²) < 4.78 is 0. The topological polar surface area (TPSA) is 40.6 Å². The van der Waals surface area contributed by atoms with Crippen LogP contribution in [0.5, 0.6) is 0 Å². The van der Waals surface area contributed by atoms with Gasteiger partial charge in [-0.3, -0.25) is 9.69 Å². The molecule has 0 aromatic carbocycles. The van der Waals surface area contributed by atoms with E-state index in [9.17, 15) is 9.59 Å². The third-order valence-electron chi connectivity index (χ3n) is 2.50. The molecule has 1 aliphatic heterocycles. The number of carbonyl (C=O) groups excluding carboxylic acids is 2. The van der Waals surface area contributed by atoms with Crippen LogP contribution in [0.2, 0.25) is 0 Å². The first-order valence-electron chi connectivity index (χ1n) is 5.18. The van der Waals surface area contributed by atoms with E-state index in [0.29, 0.717) is 19.0 Å². The monoisotopic (exact) mass is 230 g/mol. The van der Waals surface area contributed by atoms with Crippen LogP contribution in [-0.2, 0) is 4.79 Å². The lowest BCUT2D eigenvalue weighted by Crippen LogP contribution is -2.43. The summed E-state index contributed by atoms with van der Waals surface area (Å²) in [5.74, 6) is 0.101. The highest BCUT2D eigenvalue weighted by Gasteiger charge is 2.51. The van der Waals surface area contributed by atoms with Gasteiger partial charge in [-0.25, -0.2) is 4.79 Å². The molecule has 0 aromatic rings. The number of likely N-dealkylation sites (N-methyl/N-ethyl adjacent to an activating group) is 1.